The van der Waals surface area contributed by atoms with Gasteiger partial charge in [0.15, 0.2) is 22.2 Å². The maximum atomic E-state index is 12.8. The summed E-state index contributed by atoms with van der Waals surface area (Å²) in [7, 11) is 0. The molecule has 9 heteroatoms. The Labute approximate surface area is 233 Å². The minimum Gasteiger partial charge on any atom is -0.482 e. The normalized spacial score (nSPS) is 12.2. The molecule has 200 valence electrons. The lowest BCUT2D eigenvalue weighted by Gasteiger charge is -2.20. The zero-order chi connectivity index (χ0) is 27.2. The number of thiazole rings is 1. The highest BCUT2D eigenvalue weighted by molar-refractivity contribution is 7.99. The van der Waals surface area contributed by atoms with E-state index in [-0.39, 0.29) is 17.8 Å². The number of nitrogens with zero attached hydrogens (tertiary/aromatic N) is 4. The third kappa shape index (κ3) is 6.82. The van der Waals surface area contributed by atoms with Crippen LogP contribution in [0, 0.1) is 12.8 Å². The smallest absolute Gasteiger partial charge is 0.236 e. The molecule has 0 saturated carbocycles. The maximum absolute atomic E-state index is 12.8. The highest BCUT2D eigenvalue weighted by Crippen LogP contribution is 2.32. The topological polar surface area (TPSA) is 81.9 Å². The fourth-order valence-corrected chi connectivity index (χ4v) is 5.76. The number of para-hydroxylation sites is 1. The van der Waals surface area contributed by atoms with Crippen LogP contribution < -0.4 is 10.1 Å². The monoisotopic (exact) mass is 549 g/mol. The Morgan fingerprint density at radius 3 is 2.45 bits per heavy atom. The van der Waals surface area contributed by atoms with Crippen LogP contribution in [-0.4, -0.2) is 31.4 Å². The molecule has 1 N–H and O–H groups in total. The Hall–Kier alpha value is -3.17. The summed E-state index contributed by atoms with van der Waals surface area (Å²) in [6.07, 6.45) is -0.293. The van der Waals surface area contributed by atoms with Gasteiger partial charge in [-0.05, 0) is 37.3 Å². The number of benzene rings is 2. The number of hydrogen-bond acceptors (Lipinski definition) is 7. The van der Waals surface area contributed by atoms with Crippen LogP contribution in [0.15, 0.2) is 59.8 Å². The van der Waals surface area contributed by atoms with E-state index in [9.17, 15) is 4.79 Å². The summed E-state index contributed by atoms with van der Waals surface area (Å²) in [4.78, 5) is 18.5. The minimum atomic E-state index is -0.293. The van der Waals surface area contributed by atoms with Crippen LogP contribution in [0.1, 0.15) is 62.9 Å². The summed E-state index contributed by atoms with van der Waals surface area (Å²) in [5.74, 6) is 2.42. The van der Waals surface area contributed by atoms with Gasteiger partial charge in [0.2, 0.25) is 5.91 Å². The molecule has 1 atom stereocenters. The van der Waals surface area contributed by atoms with Gasteiger partial charge in [-0.1, -0.05) is 88.0 Å². The van der Waals surface area contributed by atoms with Crippen LogP contribution in [0.2, 0.25) is 0 Å². The number of aryl methyl sites for hydroxylation is 1. The van der Waals surface area contributed by atoms with E-state index >= 15 is 0 Å². The summed E-state index contributed by atoms with van der Waals surface area (Å²) >= 11 is 2.86. The number of carbonyl (C=O) groups is 1. The van der Waals surface area contributed by atoms with Crippen LogP contribution in [-0.2, 0) is 11.3 Å². The Kier molecular flexibility index (Phi) is 9.22. The lowest BCUT2D eigenvalue weighted by atomic mass is 10.0. The van der Waals surface area contributed by atoms with Crippen molar-refractivity contribution >= 4 is 34.1 Å². The van der Waals surface area contributed by atoms with Crippen LogP contribution in [0.5, 0.6) is 5.75 Å². The molecule has 4 rings (SSSR count). The van der Waals surface area contributed by atoms with Gasteiger partial charge in [-0.3, -0.25) is 4.79 Å². The highest BCUT2D eigenvalue weighted by Gasteiger charge is 2.22. The van der Waals surface area contributed by atoms with E-state index in [1.807, 2.05) is 62.4 Å². The second-order valence-electron chi connectivity index (χ2n) is 9.92. The van der Waals surface area contributed by atoms with Gasteiger partial charge in [0, 0.05) is 17.0 Å². The highest BCUT2D eigenvalue weighted by atomic mass is 32.2. The average Bonchev–Trinajstić information content (AvgIpc) is 3.45. The lowest BCUT2D eigenvalue weighted by molar-refractivity contribution is -0.113. The van der Waals surface area contributed by atoms with Gasteiger partial charge < -0.3 is 14.6 Å². The van der Waals surface area contributed by atoms with E-state index in [4.69, 9.17) is 4.74 Å². The summed E-state index contributed by atoms with van der Waals surface area (Å²) in [5, 5.41) is 13.2. The Morgan fingerprint density at radius 2 is 1.74 bits per heavy atom. The predicted molar refractivity (Wildman–Crippen MR) is 156 cm³/mol. The minimum absolute atomic E-state index is 0.126. The number of ether oxygens (including phenoxy) is 1. The van der Waals surface area contributed by atoms with Gasteiger partial charge in [0.25, 0.3) is 0 Å². The molecule has 0 fully saturated rings. The molecule has 0 radical (unpaired) electrons. The molecular formula is C29H35N5O2S2. The molecular weight excluding hydrogens is 514 g/mol. The molecule has 4 aromatic rings. The fraction of sp³-hybridized carbons (Fsp3) is 0.379. The van der Waals surface area contributed by atoms with E-state index in [0.717, 1.165) is 39.8 Å². The van der Waals surface area contributed by atoms with Crippen molar-refractivity contribution in [3.05, 3.63) is 70.9 Å². The first-order chi connectivity index (χ1) is 18.2. The Morgan fingerprint density at radius 1 is 1.03 bits per heavy atom. The fourth-order valence-electron chi connectivity index (χ4n) is 4.15. The van der Waals surface area contributed by atoms with Gasteiger partial charge in [-0.25, -0.2) is 4.98 Å². The van der Waals surface area contributed by atoms with Crippen LogP contribution in [0.4, 0.5) is 5.13 Å². The van der Waals surface area contributed by atoms with Crippen molar-refractivity contribution in [2.75, 3.05) is 11.1 Å². The maximum Gasteiger partial charge on any atom is 0.236 e. The molecule has 0 saturated heterocycles. The Balaban J connectivity index is 1.45. The van der Waals surface area contributed by atoms with Crippen molar-refractivity contribution in [2.24, 2.45) is 5.92 Å². The van der Waals surface area contributed by atoms with Gasteiger partial charge in [0.05, 0.1) is 11.4 Å². The lowest BCUT2D eigenvalue weighted by Crippen LogP contribution is -2.17. The van der Waals surface area contributed by atoms with Crippen molar-refractivity contribution in [1.82, 2.24) is 19.7 Å². The number of nitrogens with one attached hydrogen (secondary N) is 1. The predicted octanol–water partition coefficient (Wildman–Crippen LogP) is 7.36. The number of anilines is 1. The number of aromatic nitrogens is 4. The Bertz CT molecular complexity index is 1360. The molecule has 0 aliphatic carbocycles. The van der Waals surface area contributed by atoms with Crippen molar-refractivity contribution in [1.29, 1.82) is 0 Å². The first-order valence-electron chi connectivity index (χ1n) is 12.9. The second-order valence-corrected chi connectivity index (χ2v) is 12.1. The molecule has 2 heterocycles. The second kappa shape index (κ2) is 12.6. The molecule has 1 amide bonds. The summed E-state index contributed by atoms with van der Waals surface area (Å²) < 4.78 is 8.44. The summed E-state index contributed by atoms with van der Waals surface area (Å²) in [5.41, 5.74) is 3.10. The number of hydrogen-bond donors (Lipinski definition) is 1. The van der Waals surface area contributed by atoms with Crippen molar-refractivity contribution in [2.45, 2.75) is 65.3 Å². The van der Waals surface area contributed by atoms with E-state index in [2.05, 4.69) is 58.8 Å². The van der Waals surface area contributed by atoms with Crippen molar-refractivity contribution in [3.63, 3.8) is 0 Å². The molecule has 2 aromatic heterocycles. The van der Waals surface area contributed by atoms with Crippen LogP contribution in [0.3, 0.4) is 0 Å². The van der Waals surface area contributed by atoms with Gasteiger partial charge in [0.1, 0.15) is 5.75 Å². The van der Waals surface area contributed by atoms with Gasteiger partial charge in [-0.2, -0.15) is 0 Å². The number of thioether (sulfide) groups is 1. The van der Waals surface area contributed by atoms with E-state index in [1.165, 1.54) is 23.1 Å². The van der Waals surface area contributed by atoms with Crippen molar-refractivity contribution < 1.29 is 9.53 Å². The average molecular weight is 550 g/mol. The molecule has 1 unspecified atom stereocenters. The molecule has 2 aromatic carbocycles. The molecule has 38 heavy (non-hydrogen) atoms. The summed E-state index contributed by atoms with van der Waals surface area (Å²) in [6, 6.07) is 18.1. The quantitative estimate of drug-likeness (QED) is 0.197. The standard InChI is InChI=1S/C29H35N5O2S2/c1-18(2)16-34-27(20(5)36-24-15-11-10-14-23(24)19(3)4)32-33-29(34)37-17-25(35)30-28-31-26(21(6)38-28)22-12-8-7-9-13-22/h7-15,18-20H,16-17H2,1-6H3,(H,30,31,35). The van der Waals surface area contributed by atoms with Crippen LogP contribution >= 0.6 is 23.1 Å². The van der Waals surface area contributed by atoms with Crippen LogP contribution in [0.25, 0.3) is 11.3 Å². The SMILES string of the molecule is Cc1sc(NC(=O)CSc2nnc(C(C)Oc3ccccc3C(C)C)n2CC(C)C)nc1-c1ccccc1. The van der Waals surface area contributed by atoms with Gasteiger partial charge in [-0.15, -0.1) is 21.5 Å². The van der Waals surface area contributed by atoms with E-state index < -0.39 is 0 Å². The first kappa shape index (κ1) is 27.9. The molecule has 0 bridgehead atoms. The number of rotatable bonds is 11. The number of carbonyl (C=O) groups excluding carboxylic acids is 1. The molecule has 0 aliphatic heterocycles. The third-order valence-corrected chi connectivity index (χ3v) is 7.78. The number of amides is 1. The summed E-state index contributed by atoms with van der Waals surface area (Å²) in [6.45, 7) is 13.4. The molecule has 7 nitrogen and oxygen atoms in total. The van der Waals surface area contributed by atoms with Gasteiger partial charge >= 0.3 is 0 Å². The van der Waals surface area contributed by atoms with E-state index in [0.29, 0.717) is 22.1 Å². The largest absolute Gasteiger partial charge is 0.482 e. The zero-order valence-electron chi connectivity index (χ0n) is 22.8. The molecule has 0 spiro atoms. The zero-order valence-corrected chi connectivity index (χ0v) is 24.4. The van der Waals surface area contributed by atoms with Crippen molar-refractivity contribution in [3.8, 4) is 17.0 Å². The third-order valence-electron chi connectivity index (χ3n) is 5.92. The van der Waals surface area contributed by atoms with E-state index in [1.54, 1.807) is 0 Å². The molecule has 0 aliphatic rings. The first-order valence-corrected chi connectivity index (χ1v) is 14.7.